The maximum absolute atomic E-state index is 5.76. The van der Waals surface area contributed by atoms with Gasteiger partial charge in [0.15, 0.2) is 5.82 Å². The third-order valence-corrected chi connectivity index (χ3v) is 2.48. The topological polar surface area (TPSA) is 103 Å². The molecule has 0 amide bonds. The van der Waals surface area contributed by atoms with Gasteiger partial charge in [-0.3, -0.25) is 0 Å². The molecule has 2 heterocycles. The van der Waals surface area contributed by atoms with Crippen molar-refractivity contribution in [3.63, 3.8) is 0 Å². The minimum absolute atomic E-state index is 0.428. The standard InChI is InChI=1S/C11H10N6O/c12-7-1-2-9-8(3-7)11(15-5-14-9)13-4-10-16-6-18-17-10/h1-3,5-6H,4,12H2,(H,13,14,15). The second-order valence-electron chi connectivity index (χ2n) is 3.70. The maximum atomic E-state index is 5.76. The van der Waals surface area contributed by atoms with Crippen LogP contribution in [0.3, 0.4) is 0 Å². The van der Waals surface area contributed by atoms with Crippen LogP contribution in [0.5, 0.6) is 0 Å². The van der Waals surface area contributed by atoms with Gasteiger partial charge in [-0.1, -0.05) is 5.16 Å². The van der Waals surface area contributed by atoms with E-state index in [1.165, 1.54) is 12.7 Å². The van der Waals surface area contributed by atoms with Crippen LogP contribution < -0.4 is 11.1 Å². The molecule has 90 valence electrons. The van der Waals surface area contributed by atoms with E-state index in [-0.39, 0.29) is 0 Å². The monoisotopic (exact) mass is 242 g/mol. The Bertz CT molecular complexity index is 666. The fourth-order valence-corrected chi connectivity index (χ4v) is 1.65. The Morgan fingerprint density at radius 2 is 2.17 bits per heavy atom. The lowest BCUT2D eigenvalue weighted by molar-refractivity contribution is 0.411. The summed E-state index contributed by atoms with van der Waals surface area (Å²) in [6, 6.07) is 5.48. The molecule has 0 atom stereocenters. The van der Waals surface area contributed by atoms with Crippen LogP contribution in [0.25, 0.3) is 10.9 Å². The predicted octanol–water partition coefficient (Wildman–Crippen LogP) is 1.21. The number of nitrogens with two attached hydrogens (primary N) is 1. The third kappa shape index (κ3) is 1.93. The molecule has 7 nitrogen and oxygen atoms in total. The zero-order valence-corrected chi connectivity index (χ0v) is 9.37. The van der Waals surface area contributed by atoms with Gasteiger partial charge in [0.1, 0.15) is 12.1 Å². The van der Waals surface area contributed by atoms with Crippen molar-refractivity contribution in [1.82, 2.24) is 20.1 Å². The Morgan fingerprint density at radius 1 is 1.22 bits per heavy atom. The number of benzene rings is 1. The fourth-order valence-electron chi connectivity index (χ4n) is 1.65. The Hall–Kier alpha value is -2.70. The van der Waals surface area contributed by atoms with Crippen molar-refractivity contribution in [3.05, 3.63) is 36.7 Å². The highest BCUT2D eigenvalue weighted by molar-refractivity contribution is 5.91. The van der Waals surface area contributed by atoms with Crippen molar-refractivity contribution in [1.29, 1.82) is 0 Å². The van der Waals surface area contributed by atoms with Crippen LogP contribution in [0.15, 0.2) is 35.4 Å². The van der Waals surface area contributed by atoms with Crippen LogP contribution in [0, 0.1) is 0 Å². The molecule has 1 aromatic carbocycles. The van der Waals surface area contributed by atoms with Crippen molar-refractivity contribution in [2.45, 2.75) is 6.54 Å². The molecule has 0 spiro atoms. The number of anilines is 2. The summed E-state index contributed by atoms with van der Waals surface area (Å²) in [5.74, 6) is 1.25. The van der Waals surface area contributed by atoms with E-state index in [9.17, 15) is 0 Å². The minimum Gasteiger partial charge on any atom is -0.399 e. The highest BCUT2D eigenvalue weighted by Crippen LogP contribution is 2.21. The zero-order valence-electron chi connectivity index (χ0n) is 9.37. The van der Waals surface area contributed by atoms with Crippen molar-refractivity contribution in [2.24, 2.45) is 0 Å². The molecule has 3 N–H and O–H groups in total. The largest absolute Gasteiger partial charge is 0.399 e. The number of hydrogen-bond acceptors (Lipinski definition) is 7. The average Bonchev–Trinajstić information content (AvgIpc) is 2.89. The normalized spacial score (nSPS) is 10.7. The van der Waals surface area contributed by atoms with Crippen LogP contribution in [-0.4, -0.2) is 20.1 Å². The predicted molar refractivity (Wildman–Crippen MR) is 65.6 cm³/mol. The lowest BCUT2D eigenvalue weighted by atomic mass is 10.2. The molecule has 0 bridgehead atoms. The van der Waals surface area contributed by atoms with E-state index < -0.39 is 0 Å². The first kappa shape index (κ1) is 10.5. The summed E-state index contributed by atoms with van der Waals surface area (Å²) in [6.45, 7) is 0.428. The summed E-state index contributed by atoms with van der Waals surface area (Å²) in [4.78, 5) is 12.3. The molecular weight excluding hydrogens is 232 g/mol. The molecule has 3 rings (SSSR count). The summed E-state index contributed by atoms with van der Waals surface area (Å²) < 4.78 is 4.66. The van der Waals surface area contributed by atoms with Gasteiger partial charge in [0.2, 0.25) is 6.39 Å². The minimum atomic E-state index is 0.428. The number of nitrogen functional groups attached to an aromatic ring is 1. The quantitative estimate of drug-likeness (QED) is 0.665. The van der Waals surface area contributed by atoms with Crippen LogP contribution in [0.1, 0.15) is 5.82 Å². The maximum Gasteiger partial charge on any atom is 0.213 e. The third-order valence-electron chi connectivity index (χ3n) is 2.48. The lowest BCUT2D eigenvalue weighted by Gasteiger charge is -2.06. The molecule has 0 saturated carbocycles. The van der Waals surface area contributed by atoms with Crippen molar-refractivity contribution < 1.29 is 4.52 Å². The molecule has 0 saturated heterocycles. The average molecular weight is 242 g/mol. The van der Waals surface area contributed by atoms with Gasteiger partial charge in [0.05, 0.1) is 12.1 Å². The second kappa shape index (κ2) is 4.28. The van der Waals surface area contributed by atoms with Gasteiger partial charge in [-0.05, 0) is 18.2 Å². The summed E-state index contributed by atoms with van der Waals surface area (Å²) in [5, 5.41) is 7.70. The molecule has 7 heteroatoms. The smallest absolute Gasteiger partial charge is 0.213 e. The number of fused-ring (bicyclic) bond motifs is 1. The molecule has 0 unspecified atom stereocenters. The van der Waals surface area contributed by atoms with Crippen LogP contribution in [-0.2, 0) is 6.54 Å². The fraction of sp³-hybridized carbons (Fsp3) is 0.0909. The first-order valence-corrected chi connectivity index (χ1v) is 5.32. The molecular formula is C11H10N6O. The number of rotatable bonds is 3. The lowest BCUT2D eigenvalue weighted by Crippen LogP contribution is -2.04. The molecule has 0 radical (unpaired) electrons. The summed E-state index contributed by atoms with van der Waals surface area (Å²) in [7, 11) is 0. The molecule has 0 aliphatic carbocycles. The Labute approximate surface area is 102 Å². The van der Waals surface area contributed by atoms with Gasteiger partial charge in [-0.2, -0.15) is 4.98 Å². The van der Waals surface area contributed by atoms with Crippen molar-refractivity contribution in [2.75, 3.05) is 11.1 Å². The van der Waals surface area contributed by atoms with E-state index in [2.05, 4.69) is 29.9 Å². The van der Waals surface area contributed by atoms with Gasteiger partial charge in [0, 0.05) is 11.1 Å². The van der Waals surface area contributed by atoms with Crippen molar-refractivity contribution in [3.8, 4) is 0 Å². The first-order chi connectivity index (χ1) is 8.83. The van der Waals surface area contributed by atoms with Gasteiger partial charge in [-0.25, -0.2) is 9.97 Å². The van der Waals surface area contributed by atoms with E-state index in [4.69, 9.17) is 5.73 Å². The Morgan fingerprint density at radius 3 is 3.00 bits per heavy atom. The van der Waals surface area contributed by atoms with Crippen LogP contribution >= 0.6 is 0 Å². The van der Waals surface area contributed by atoms with Gasteiger partial charge >= 0.3 is 0 Å². The van der Waals surface area contributed by atoms with Gasteiger partial charge in [0.25, 0.3) is 0 Å². The van der Waals surface area contributed by atoms with E-state index >= 15 is 0 Å². The number of aromatic nitrogens is 4. The van der Waals surface area contributed by atoms with E-state index in [0.29, 0.717) is 23.9 Å². The summed E-state index contributed by atoms with van der Waals surface area (Å²) >= 11 is 0. The van der Waals surface area contributed by atoms with Gasteiger partial charge < -0.3 is 15.6 Å². The molecule has 18 heavy (non-hydrogen) atoms. The van der Waals surface area contributed by atoms with Crippen molar-refractivity contribution >= 4 is 22.4 Å². The van der Waals surface area contributed by atoms with Crippen LogP contribution in [0.2, 0.25) is 0 Å². The van der Waals surface area contributed by atoms with E-state index in [1.807, 2.05) is 12.1 Å². The molecule has 0 aliphatic rings. The Balaban J connectivity index is 1.93. The van der Waals surface area contributed by atoms with E-state index in [1.54, 1.807) is 6.07 Å². The summed E-state index contributed by atoms with van der Waals surface area (Å²) in [5.41, 5.74) is 7.26. The SMILES string of the molecule is Nc1ccc2ncnc(NCc3ncon3)c2c1. The summed E-state index contributed by atoms with van der Waals surface area (Å²) in [6.07, 6.45) is 2.78. The number of nitrogens with one attached hydrogen (secondary N) is 1. The number of hydrogen-bond donors (Lipinski definition) is 2. The molecule has 3 aromatic rings. The van der Waals surface area contributed by atoms with Gasteiger partial charge in [-0.15, -0.1) is 0 Å². The second-order valence-corrected chi connectivity index (χ2v) is 3.70. The van der Waals surface area contributed by atoms with E-state index in [0.717, 1.165) is 10.9 Å². The number of nitrogens with zero attached hydrogens (tertiary/aromatic N) is 4. The first-order valence-electron chi connectivity index (χ1n) is 5.32. The van der Waals surface area contributed by atoms with Crippen LogP contribution in [0.4, 0.5) is 11.5 Å². The Kier molecular flexibility index (Phi) is 2.49. The zero-order chi connectivity index (χ0) is 12.4. The molecule has 0 aliphatic heterocycles. The highest BCUT2D eigenvalue weighted by Gasteiger charge is 2.05. The molecule has 0 fully saturated rings. The highest BCUT2D eigenvalue weighted by atomic mass is 16.5. The molecule has 2 aromatic heterocycles.